The van der Waals surface area contributed by atoms with E-state index in [9.17, 15) is 24.2 Å². The molecule has 304 valence electrons. The highest BCUT2D eigenvalue weighted by atomic mass is 19.1. The van der Waals surface area contributed by atoms with Crippen LogP contribution in [0, 0.1) is 5.82 Å². The van der Waals surface area contributed by atoms with E-state index in [2.05, 4.69) is 15.0 Å². The Morgan fingerprint density at radius 3 is 2.09 bits per heavy atom. The van der Waals surface area contributed by atoms with E-state index in [1.165, 1.54) is 12.1 Å². The summed E-state index contributed by atoms with van der Waals surface area (Å²) in [6.45, 7) is 3.47. The summed E-state index contributed by atoms with van der Waals surface area (Å²) in [4.78, 5) is 35.6. The van der Waals surface area contributed by atoms with Crippen LogP contribution in [0.1, 0.15) is 61.5 Å². The first-order valence-electron chi connectivity index (χ1n) is 18.0. The van der Waals surface area contributed by atoms with E-state index in [-0.39, 0.29) is 57.5 Å². The van der Waals surface area contributed by atoms with Crippen LogP contribution in [0.5, 0.6) is 0 Å². The average Bonchev–Trinajstić information content (AvgIpc) is 3.50. The van der Waals surface area contributed by atoms with E-state index in [4.69, 9.17) is 30.3 Å². The van der Waals surface area contributed by atoms with Crippen molar-refractivity contribution in [2.75, 3.05) is 31.7 Å². The summed E-state index contributed by atoms with van der Waals surface area (Å²) in [5.74, 6) is -1.64. The normalized spacial score (nSPS) is 13.3. The summed E-state index contributed by atoms with van der Waals surface area (Å²) in [6.07, 6.45) is -3.68. The second kappa shape index (κ2) is 22.2. The number of benzene rings is 3. The average molecular weight is 785 g/mol. The molecule has 4 rings (SSSR count). The molecular weight excluding hydrogens is 735 g/mol. The van der Waals surface area contributed by atoms with Crippen LogP contribution in [0.15, 0.2) is 84.9 Å². The molecule has 7 N–H and O–H groups in total. The molecule has 0 bridgehead atoms. The first-order valence-corrected chi connectivity index (χ1v) is 18.0. The SMILES string of the molecule is CC(C)c1c(C(=O)Nc2ccccc2)c(-c2ccccc2)c(-c2ccc(F)cc2)n1CCC(O)CC(O)CC(=O)OCCOCCC(CON(O)O)ON(O)O. The van der Waals surface area contributed by atoms with Crippen LogP contribution in [0.4, 0.5) is 10.1 Å². The number of carbonyl (C=O) groups excluding carboxylic acids is 2. The van der Waals surface area contributed by atoms with Crippen molar-refractivity contribution in [3.63, 3.8) is 0 Å². The number of aliphatic hydroxyl groups is 2. The number of nitrogens with zero attached hydrogens (tertiary/aromatic N) is 3. The molecule has 0 saturated carbocycles. The van der Waals surface area contributed by atoms with Crippen molar-refractivity contribution >= 4 is 17.6 Å². The van der Waals surface area contributed by atoms with Crippen molar-refractivity contribution in [2.45, 2.75) is 70.3 Å². The molecule has 1 aromatic heterocycles. The van der Waals surface area contributed by atoms with E-state index in [1.807, 2.05) is 66.9 Å². The number of rotatable bonds is 23. The summed E-state index contributed by atoms with van der Waals surface area (Å²) in [5.41, 5.74) is 4.52. The maximum Gasteiger partial charge on any atom is 0.308 e. The fraction of sp³-hybridized carbons (Fsp3) is 0.385. The van der Waals surface area contributed by atoms with Crippen LogP contribution in [0.3, 0.4) is 0 Å². The number of hydrogen-bond donors (Lipinski definition) is 7. The van der Waals surface area contributed by atoms with Crippen molar-refractivity contribution in [1.29, 1.82) is 0 Å². The summed E-state index contributed by atoms with van der Waals surface area (Å²) in [5, 5.41) is 58.6. The molecule has 0 saturated heterocycles. The summed E-state index contributed by atoms with van der Waals surface area (Å²) < 4.78 is 26.6. The molecule has 0 fully saturated rings. The number of carbonyl (C=O) groups is 2. The molecule has 3 aromatic carbocycles. The number of hydrogen-bond acceptors (Lipinski definition) is 14. The zero-order valence-electron chi connectivity index (χ0n) is 31.1. The van der Waals surface area contributed by atoms with Crippen LogP contribution < -0.4 is 5.32 Å². The Kier molecular flexibility index (Phi) is 17.5. The molecule has 16 nitrogen and oxygen atoms in total. The zero-order chi connectivity index (χ0) is 40.6. The topological polar surface area (TPSA) is 216 Å². The molecule has 4 aromatic rings. The number of amides is 1. The number of aromatic nitrogens is 1. The molecule has 56 heavy (non-hydrogen) atoms. The predicted molar refractivity (Wildman–Crippen MR) is 198 cm³/mol. The molecule has 0 aliphatic heterocycles. The Balaban J connectivity index is 1.44. The Morgan fingerprint density at radius 1 is 0.804 bits per heavy atom. The summed E-state index contributed by atoms with van der Waals surface area (Å²) in [6, 6.07) is 24.5. The third-order valence-electron chi connectivity index (χ3n) is 8.62. The molecule has 0 spiro atoms. The minimum atomic E-state index is -1.23. The molecular formula is C39H49FN4O12. The van der Waals surface area contributed by atoms with Crippen molar-refractivity contribution in [3.05, 3.63) is 102 Å². The Morgan fingerprint density at radius 2 is 1.46 bits per heavy atom. The van der Waals surface area contributed by atoms with Crippen molar-refractivity contribution in [2.24, 2.45) is 0 Å². The predicted octanol–water partition coefficient (Wildman–Crippen LogP) is 5.57. The number of halogens is 1. The van der Waals surface area contributed by atoms with Gasteiger partial charge in [0.15, 0.2) is 0 Å². The molecule has 3 atom stereocenters. The number of para-hydroxylation sites is 1. The lowest BCUT2D eigenvalue weighted by atomic mass is 9.94. The van der Waals surface area contributed by atoms with Crippen molar-refractivity contribution in [3.8, 4) is 22.4 Å². The van der Waals surface area contributed by atoms with E-state index in [0.29, 0.717) is 33.8 Å². The Labute approximate surface area is 323 Å². The van der Waals surface area contributed by atoms with Gasteiger partial charge in [-0.3, -0.25) is 30.4 Å². The van der Waals surface area contributed by atoms with E-state index in [0.717, 1.165) is 5.56 Å². The molecule has 17 heteroatoms. The number of anilines is 1. The lowest BCUT2D eigenvalue weighted by Gasteiger charge is -2.20. The van der Waals surface area contributed by atoms with Crippen LogP contribution in [-0.2, 0) is 30.5 Å². The smallest absolute Gasteiger partial charge is 0.308 e. The third-order valence-corrected chi connectivity index (χ3v) is 8.62. The van der Waals surface area contributed by atoms with Crippen LogP contribution in [0.25, 0.3) is 22.4 Å². The monoisotopic (exact) mass is 784 g/mol. The number of esters is 1. The first kappa shape index (κ1) is 44.1. The maximum absolute atomic E-state index is 14.2. The number of nitrogens with one attached hydrogen (secondary N) is 1. The van der Waals surface area contributed by atoms with Gasteiger partial charge >= 0.3 is 5.97 Å². The zero-order valence-corrected chi connectivity index (χ0v) is 31.1. The standard InChI is InChI=1S/C39H49FN4O12/c1-26(2)37-36(39(48)41-30-11-7-4-8-12-30)35(27-9-5-3-6-10-27)38(28-13-15-29(40)16-14-28)42(37)19-17-31(45)23-32(46)24-34(47)54-22-21-53-20-18-33(56-44(51)52)25-55-43(49)50/h3-16,26,31-33,45-46,49-52H,17-25H2,1-2H3,(H,41,48). The highest BCUT2D eigenvalue weighted by molar-refractivity contribution is 6.12. The molecule has 0 radical (unpaired) electrons. The lowest BCUT2D eigenvalue weighted by molar-refractivity contribution is -0.527. The molecule has 3 unspecified atom stereocenters. The van der Waals surface area contributed by atoms with Crippen molar-refractivity contribution in [1.82, 2.24) is 15.3 Å². The van der Waals surface area contributed by atoms with Gasteiger partial charge in [0.1, 0.15) is 25.1 Å². The number of ether oxygens (including phenoxy) is 2. The maximum atomic E-state index is 14.2. The Bertz CT molecular complexity index is 1790. The summed E-state index contributed by atoms with van der Waals surface area (Å²) >= 11 is 0. The van der Waals surface area contributed by atoms with Crippen molar-refractivity contribution < 1.29 is 64.2 Å². The second-order valence-corrected chi connectivity index (χ2v) is 13.2. The summed E-state index contributed by atoms with van der Waals surface area (Å²) in [7, 11) is 0. The Hall–Kier alpha value is -4.63. The van der Waals surface area contributed by atoms with Gasteiger partial charge in [0.05, 0.1) is 47.3 Å². The number of aliphatic hydroxyl groups excluding tert-OH is 2. The van der Waals surface area contributed by atoms with Crippen LogP contribution in [0.2, 0.25) is 0 Å². The minimum Gasteiger partial charge on any atom is -0.463 e. The van der Waals surface area contributed by atoms with E-state index < -0.39 is 53.9 Å². The van der Waals surface area contributed by atoms with E-state index in [1.54, 1.807) is 24.3 Å². The van der Waals surface area contributed by atoms with Gasteiger partial charge in [-0.25, -0.2) is 14.1 Å². The van der Waals surface area contributed by atoms with Gasteiger partial charge in [-0.2, -0.15) is 0 Å². The third kappa shape index (κ3) is 13.5. The van der Waals surface area contributed by atoms with Gasteiger partial charge < -0.3 is 29.6 Å². The van der Waals surface area contributed by atoms with Gasteiger partial charge in [0.25, 0.3) is 5.91 Å². The molecule has 0 aliphatic rings. The second-order valence-electron chi connectivity index (χ2n) is 13.2. The van der Waals surface area contributed by atoms with Gasteiger partial charge in [-0.15, -0.1) is 0 Å². The quantitative estimate of drug-likeness (QED) is 0.0278. The van der Waals surface area contributed by atoms with Gasteiger partial charge in [0.2, 0.25) is 0 Å². The highest BCUT2D eigenvalue weighted by Gasteiger charge is 2.31. The highest BCUT2D eigenvalue weighted by Crippen LogP contribution is 2.42. The fourth-order valence-corrected chi connectivity index (χ4v) is 6.23. The van der Waals surface area contributed by atoms with Gasteiger partial charge in [-0.05, 0) is 66.3 Å². The first-order chi connectivity index (χ1) is 26.8. The van der Waals surface area contributed by atoms with Gasteiger partial charge in [0, 0.05) is 36.5 Å². The fourth-order valence-electron chi connectivity index (χ4n) is 6.23. The molecule has 1 amide bonds. The lowest BCUT2D eigenvalue weighted by Crippen LogP contribution is -2.32. The minimum absolute atomic E-state index is 0.0140. The molecule has 1 heterocycles. The molecule has 0 aliphatic carbocycles. The van der Waals surface area contributed by atoms with Gasteiger partial charge in [-0.1, -0.05) is 62.4 Å². The largest absolute Gasteiger partial charge is 0.463 e. The van der Waals surface area contributed by atoms with E-state index >= 15 is 0 Å². The van der Waals surface area contributed by atoms with Crippen LogP contribution in [-0.4, -0.2) is 103 Å². The van der Waals surface area contributed by atoms with Crippen LogP contribution >= 0.6 is 0 Å².